The van der Waals surface area contributed by atoms with Crippen LogP contribution in [-0.4, -0.2) is 70.4 Å². The van der Waals surface area contributed by atoms with E-state index in [1.807, 2.05) is 4.90 Å². The maximum atomic E-state index is 12.7. The number of ether oxygens (including phenoxy) is 1. The van der Waals surface area contributed by atoms with Gasteiger partial charge in [-0.25, -0.2) is 9.89 Å². The van der Waals surface area contributed by atoms with Crippen LogP contribution in [0.25, 0.3) is 0 Å². The van der Waals surface area contributed by atoms with Crippen LogP contribution in [0.15, 0.2) is 24.5 Å². The number of carboxylic acids is 1. The van der Waals surface area contributed by atoms with Crippen molar-refractivity contribution in [2.24, 2.45) is 0 Å². The number of nitrogens with zero attached hydrogens (tertiary/aromatic N) is 4. The number of aromatic amines is 1. The number of methoxy groups -OCH3 is 1. The predicted octanol–water partition coefficient (Wildman–Crippen LogP) is 0.474. The minimum Gasteiger partial charge on any atom is -0.497 e. The molecule has 0 saturated carbocycles. The number of amides is 1. The van der Waals surface area contributed by atoms with Crippen LogP contribution in [0.1, 0.15) is 20.7 Å². The zero-order valence-electron chi connectivity index (χ0n) is 13.1. The van der Waals surface area contributed by atoms with Crippen LogP contribution in [0.2, 0.25) is 0 Å². The lowest BCUT2D eigenvalue weighted by Gasteiger charge is -2.34. The first-order valence-electron chi connectivity index (χ1n) is 7.40. The smallest absolute Gasteiger partial charge is 0.335 e. The van der Waals surface area contributed by atoms with Gasteiger partial charge in [-0.05, 0) is 18.2 Å². The fourth-order valence-electron chi connectivity index (χ4n) is 2.62. The van der Waals surface area contributed by atoms with Crippen LogP contribution in [0, 0.1) is 0 Å². The Bertz CT molecular complexity index is 738. The minimum atomic E-state index is -1.10. The molecule has 0 atom stereocenters. The first-order chi connectivity index (χ1) is 11.6. The number of carbonyl (C=O) groups excluding carboxylic acids is 1. The van der Waals surface area contributed by atoms with Crippen molar-refractivity contribution in [1.29, 1.82) is 0 Å². The molecule has 0 unspecified atom stereocenters. The van der Waals surface area contributed by atoms with Crippen LogP contribution >= 0.6 is 0 Å². The van der Waals surface area contributed by atoms with E-state index in [1.165, 1.54) is 25.6 Å². The highest BCUT2D eigenvalue weighted by molar-refractivity contribution is 5.98. The fourth-order valence-corrected chi connectivity index (χ4v) is 2.62. The monoisotopic (exact) mass is 331 g/mol. The Morgan fingerprint density at radius 3 is 2.46 bits per heavy atom. The number of hydrogen-bond donors (Lipinski definition) is 2. The average molecular weight is 331 g/mol. The van der Waals surface area contributed by atoms with E-state index in [-0.39, 0.29) is 11.5 Å². The number of piperazine rings is 1. The molecular formula is C15H17N5O4. The molecule has 24 heavy (non-hydrogen) atoms. The Kier molecular flexibility index (Phi) is 4.32. The third kappa shape index (κ3) is 3.14. The van der Waals surface area contributed by atoms with E-state index in [1.54, 1.807) is 11.0 Å². The number of rotatable bonds is 4. The van der Waals surface area contributed by atoms with Crippen molar-refractivity contribution in [1.82, 2.24) is 20.1 Å². The van der Waals surface area contributed by atoms with Gasteiger partial charge in [-0.15, -0.1) is 0 Å². The maximum Gasteiger partial charge on any atom is 0.335 e. The molecule has 1 amide bonds. The molecule has 1 aliphatic rings. The lowest BCUT2D eigenvalue weighted by molar-refractivity contribution is 0.0696. The second-order valence-electron chi connectivity index (χ2n) is 5.34. The molecule has 0 bridgehead atoms. The number of anilines is 1. The first kappa shape index (κ1) is 15.8. The van der Waals surface area contributed by atoms with E-state index in [2.05, 4.69) is 15.2 Å². The number of carboxylic acid groups (broad SMARTS) is 1. The Morgan fingerprint density at radius 2 is 1.88 bits per heavy atom. The zero-order chi connectivity index (χ0) is 17.1. The first-order valence-corrected chi connectivity index (χ1v) is 7.40. The molecule has 1 fully saturated rings. The second-order valence-corrected chi connectivity index (χ2v) is 5.34. The highest BCUT2D eigenvalue weighted by Crippen LogP contribution is 2.20. The summed E-state index contributed by atoms with van der Waals surface area (Å²) in [6.07, 6.45) is 1.44. The van der Waals surface area contributed by atoms with Gasteiger partial charge < -0.3 is 19.6 Å². The zero-order valence-corrected chi connectivity index (χ0v) is 13.1. The standard InChI is InChI=1S/C15H17N5O4/c1-24-12-7-10(6-11(8-12)14(22)23)13(21)19-2-4-20(5-3-19)15-16-9-17-18-15/h6-9H,2-5H2,1H3,(H,22,23)(H,16,17,18). The number of nitrogens with one attached hydrogen (secondary N) is 1. The molecule has 1 aromatic heterocycles. The quantitative estimate of drug-likeness (QED) is 0.837. The van der Waals surface area contributed by atoms with Crippen molar-refractivity contribution >= 4 is 17.8 Å². The van der Waals surface area contributed by atoms with Gasteiger partial charge in [-0.3, -0.25) is 4.79 Å². The van der Waals surface area contributed by atoms with Crippen LogP contribution in [0.4, 0.5) is 5.95 Å². The summed E-state index contributed by atoms with van der Waals surface area (Å²) in [5.74, 6) is -0.290. The Hall–Kier alpha value is -3.10. The van der Waals surface area contributed by atoms with Gasteiger partial charge in [0, 0.05) is 31.7 Å². The molecule has 1 aliphatic heterocycles. The summed E-state index contributed by atoms with van der Waals surface area (Å²) in [5.41, 5.74) is 0.331. The predicted molar refractivity (Wildman–Crippen MR) is 84.5 cm³/mol. The second kappa shape index (κ2) is 6.57. The van der Waals surface area contributed by atoms with Gasteiger partial charge in [-0.1, -0.05) is 0 Å². The summed E-state index contributed by atoms with van der Waals surface area (Å²) in [6.45, 7) is 2.27. The summed E-state index contributed by atoms with van der Waals surface area (Å²) in [4.78, 5) is 31.6. The Labute approximate surface area is 137 Å². The van der Waals surface area contributed by atoms with E-state index >= 15 is 0 Å². The number of benzene rings is 1. The van der Waals surface area contributed by atoms with Gasteiger partial charge in [-0.2, -0.15) is 10.1 Å². The van der Waals surface area contributed by atoms with Crippen molar-refractivity contribution in [3.63, 3.8) is 0 Å². The van der Waals surface area contributed by atoms with Gasteiger partial charge in [0.05, 0.1) is 12.7 Å². The lowest BCUT2D eigenvalue weighted by Crippen LogP contribution is -2.49. The van der Waals surface area contributed by atoms with Gasteiger partial charge in [0.1, 0.15) is 12.1 Å². The topological polar surface area (TPSA) is 112 Å². The number of aromatic carboxylic acids is 1. The Morgan fingerprint density at radius 1 is 1.17 bits per heavy atom. The number of hydrogen-bond acceptors (Lipinski definition) is 6. The molecule has 1 saturated heterocycles. The maximum absolute atomic E-state index is 12.7. The van der Waals surface area contributed by atoms with E-state index in [0.29, 0.717) is 43.4 Å². The molecule has 2 N–H and O–H groups in total. The molecule has 126 valence electrons. The normalized spacial score (nSPS) is 14.5. The molecule has 0 aliphatic carbocycles. The molecule has 0 spiro atoms. The summed E-state index contributed by atoms with van der Waals surface area (Å²) in [5, 5.41) is 15.8. The number of H-pyrrole nitrogens is 1. The van der Waals surface area contributed by atoms with Gasteiger partial charge in [0.25, 0.3) is 5.91 Å². The van der Waals surface area contributed by atoms with Gasteiger partial charge in [0.15, 0.2) is 0 Å². The molecular weight excluding hydrogens is 314 g/mol. The summed E-state index contributed by atoms with van der Waals surface area (Å²) in [7, 11) is 1.44. The molecule has 9 heteroatoms. The molecule has 3 rings (SSSR count). The highest BCUT2D eigenvalue weighted by Gasteiger charge is 2.24. The van der Waals surface area contributed by atoms with Crippen molar-refractivity contribution in [2.45, 2.75) is 0 Å². The average Bonchev–Trinajstić information content (AvgIpc) is 3.15. The number of aromatic nitrogens is 3. The lowest BCUT2D eigenvalue weighted by atomic mass is 10.1. The van der Waals surface area contributed by atoms with Crippen LogP contribution in [-0.2, 0) is 0 Å². The van der Waals surface area contributed by atoms with E-state index in [9.17, 15) is 9.59 Å². The molecule has 2 aromatic rings. The minimum absolute atomic E-state index is 0.0259. The largest absolute Gasteiger partial charge is 0.497 e. The van der Waals surface area contributed by atoms with Crippen molar-refractivity contribution in [3.05, 3.63) is 35.7 Å². The number of carbonyl (C=O) groups is 2. The Balaban J connectivity index is 1.73. The highest BCUT2D eigenvalue weighted by atomic mass is 16.5. The van der Waals surface area contributed by atoms with E-state index in [4.69, 9.17) is 9.84 Å². The molecule has 9 nitrogen and oxygen atoms in total. The van der Waals surface area contributed by atoms with Crippen molar-refractivity contribution in [2.75, 3.05) is 38.2 Å². The fraction of sp³-hybridized carbons (Fsp3) is 0.333. The third-order valence-corrected chi connectivity index (χ3v) is 3.90. The molecule has 0 radical (unpaired) electrons. The molecule has 2 heterocycles. The van der Waals surface area contributed by atoms with Crippen molar-refractivity contribution < 1.29 is 19.4 Å². The molecule has 1 aromatic carbocycles. The summed E-state index contributed by atoms with van der Waals surface area (Å²) < 4.78 is 5.09. The SMILES string of the molecule is COc1cc(C(=O)O)cc(C(=O)N2CCN(c3ncn[nH]3)CC2)c1. The van der Waals surface area contributed by atoms with E-state index < -0.39 is 5.97 Å². The van der Waals surface area contributed by atoms with Crippen molar-refractivity contribution in [3.8, 4) is 5.75 Å². The third-order valence-electron chi connectivity index (χ3n) is 3.90. The van der Waals surface area contributed by atoms with E-state index in [0.717, 1.165) is 0 Å². The van der Waals surface area contributed by atoms with Crippen LogP contribution in [0.3, 0.4) is 0 Å². The van der Waals surface area contributed by atoms with Crippen LogP contribution in [0.5, 0.6) is 5.75 Å². The van der Waals surface area contributed by atoms with Crippen LogP contribution < -0.4 is 9.64 Å². The summed E-state index contributed by atoms with van der Waals surface area (Å²) >= 11 is 0. The summed E-state index contributed by atoms with van der Waals surface area (Å²) in [6, 6.07) is 4.31. The van der Waals surface area contributed by atoms with Gasteiger partial charge >= 0.3 is 5.97 Å². The van der Waals surface area contributed by atoms with Gasteiger partial charge in [0.2, 0.25) is 5.95 Å².